The molecule has 3 heterocycles. The molecule has 0 unspecified atom stereocenters. The fraction of sp³-hybridized carbons (Fsp3) is 0.317. The Morgan fingerprint density at radius 2 is 1.70 bits per heavy atom. The number of halogens is 3. The minimum Gasteiger partial charge on any atom is -0.298 e. The Hall–Kier alpha value is -4.97. The SMILES string of the molecule is Cn1nc(CS(C)(=O)=O)c2c(Cl)ccc(-c3ccc(C#CC(C)(C)S(=O)(=O)C4CC4)nc3[C@@H](CC(=O)Cn3ncc4ccccc43)Cc3cc(F)cc(F)c3)c21. The van der Waals surface area contributed by atoms with E-state index in [0.29, 0.717) is 40.6 Å². The number of pyridine rings is 1. The summed E-state index contributed by atoms with van der Waals surface area (Å²) in [6.07, 6.45) is 3.80. The molecule has 10 nitrogen and oxygen atoms in total. The van der Waals surface area contributed by atoms with Crippen LogP contribution in [0.1, 0.15) is 61.7 Å². The van der Waals surface area contributed by atoms with Crippen molar-refractivity contribution in [2.45, 2.75) is 67.7 Å². The van der Waals surface area contributed by atoms with Gasteiger partial charge in [0.2, 0.25) is 0 Å². The van der Waals surface area contributed by atoms with Crippen molar-refractivity contribution in [2.24, 2.45) is 7.05 Å². The topological polar surface area (TPSA) is 134 Å². The Balaban J connectivity index is 1.41. The summed E-state index contributed by atoms with van der Waals surface area (Å²) in [6, 6.07) is 17.4. The second kappa shape index (κ2) is 14.8. The maximum absolute atomic E-state index is 14.6. The van der Waals surface area contributed by atoms with E-state index in [1.165, 1.54) is 16.8 Å². The van der Waals surface area contributed by atoms with E-state index in [1.807, 2.05) is 24.3 Å². The van der Waals surface area contributed by atoms with Crippen LogP contribution in [0.25, 0.3) is 32.9 Å². The molecule has 6 aromatic rings. The van der Waals surface area contributed by atoms with Crippen molar-refractivity contribution in [2.75, 3.05) is 6.26 Å². The number of benzene rings is 3. The van der Waals surface area contributed by atoms with Crippen molar-refractivity contribution in [1.82, 2.24) is 24.5 Å². The predicted octanol–water partition coefficient (Wildman–Crippen LogP) is 7.15. The molecule has 56 heavy (non-hydrogen) atoms. The maximum atomic E-state index is 14.6. The van der Waals surface area contributed by atoms with Gasteiger partial charge in [-0.3, -0.25) is 14.2 Å². The highest BCUT2D eigenvalue weighted by Gasteiger charge is 2.45. The average Bonchev–Trinajstić information content (AvgIpc) is 3.84. The molecule has 1 atom stereocenters. The standard InChI is InChI=1S/C41H38ClF2N5O5S2/c1-41(2,56(53,54)32-10-11-32)16-15-30-9-12-33(34-13-14-35(42)38-36(24-55(4,51)52)47-48(3)40(34)38)39(46-30)27(17-25-18-28(43)21-29(44)19-25)20-31(50)23-49-37-8-6-5-7-26(37)22-45-49/h5-9,12-14,18-19,21-22,27,32H,10-11,17,20,23-24H2,1-4H3/t27-/m1/s1. The van der Waals surface area contributed by atoms with Gasteiger partial charge >= 0.3 is 0 Å². The first kappa shape index (κ1) is 39.3. The fourth-order valence-corrected chi connectivity index (χ4v) is 9.87. The highest BCUT2D eigenvalue weighted by molar-refractivity contribution is 7.93. The predicted molar refractivity (Wildman–Crippen MR) is 213 cm³/mol. The smallest absolute Gasteiger partial charge is 0.169 e. The first-order valence-corrected chi connectivity index (χ1v) is 21.9. The number of hydrogen-bond donors (Lipinski definition) is 0. The molecular formula is C41H38ClF2N5O5S2. The van der Waals surface area contributed by atoms with Crippen molar-refractivity contribution < 1.29 is 30.4 Å². The number of hydrogen-bond acceptors (Lipinski definition) is 8. The van der Waals surface area contributed by atoms with Crippen LogP contribution >= 0.6 is 11.6 Å². The Morgan fingerprint density at radius 1 is 1.00 bits per heavy atom. The van der Waals surface area contributed by atoms with Crippen LogP contribution in [0.4, 0.5) is 8.78 Å². The zero-order valence-corrected chi connectivity index (χ0v) is 33.4. The first-order chi connectivity index (χ1) is 26.4. The van der Waals surface area contributed by atoms with E-state index in [1.54, 1.807) is 56.0 Å². The summed E-state index contributed by atoms with van der Waals surface area (Å²) in [6.45, 7) is 3.02. The first-order valence-electron chi connectivity index (χ1n) is 17.9. The number of rotatable bonds is 12. The molecule has 7 rings (SSSR count). The second-order valence-corrected chi connectivity index (χ2v) is 20.2. The highest BCUT2D eigenvalue weighted by Crippen LogP contribution is 2.40. The van der Waals surface area contributed by atoms with E-state index < -0.39 is 47.2 Å². The number of fused-ring (bicyclic) bond motifs is 2. The molecule has 0 radical (unpaired) electrons. The number of para-hydroxylation sites is 1. The normalized spacial score (nSPS) is 14.2. The molecule has 1 aliphatic carbocycles. The number of carbonyl (C=O) groups is 1. The zero-order chi connectivity index (χ0) is 40.2. The van der Waals surface area contributed by atoms with Gasteiger partial charge in [0.15, 0.2) is 25.5 Å². The number of carbonyl (C=O) groups excluding carboxylic acids is 1. The summed E-state index contributed by atoms with van der Waals surface area (Å²) in [5, 5.41) is 10.0. The van der Waals surface area contributed by atoms with Crippen molar-refractivity contribution >= 4 is 58.9 Å². The lowest BCUT2D eigenvalue weighted by molar-refractivity contribution is -0.120. The van der Waals surface area contributed by atoms with E-state index in [-0.39, 0.29) is 52.9 Å². The van der Waals surface area contributed by atoms with Crippen LogP contribution in [0.15, 0.2) is 72.9 Å². The van der Waals surface area contributed by atoms with Crippen LogP contribution < -0.4 is 0 Å². The quantitative estimate of drug-likeness (QED) is 0.119. The van der Waals surface area contributed by atoms with Crippen LogP contribution in [0, 0.1) is 23.5 Å². The van der Waals surface area contributed by atoms with Gasteiger partial charge in [-0.05, 0) is 81.0 Å². The van der Waals surface area contributed by atoms with Crippen LogP contribution in [0.5, 0.6) is 0 Å². The monoisotopic (exact) mass is 817 g/mol. The number of Topliss-reactive ketones (excluding diaryl/α,β-unsaturated/α-hetero) is 1. The maximum Gasteiger partial charge on any atom is 0.169 e. The molecule has 0 spiro atoms. The minimum atomic E-state index is -3.55. The van der Waals surface area contributed by atoms with Crippen molar-refractivity contribution in [3.8, 4) is 23.0 Å². The van der Waals surface area contributed by atoms with Gasteiger partial charge in [0.1, 0.15) is 28.6 Å². The third-order valence-electron chi connectivity index (χ3n) is 9.93. The molecule has 0 saturated heterocycles. The van der Waals surface area contributed by atoms with Gasteiger partial charge in [-0.1, -0.05) is 41.8 Å². The number of aromatic nitrogens is 5. The van der Waals surface area contributed by atoms with Gasteiger partial charge in [-0.2, -0.15) is 10.2 Å². The molecule has 1 saturated carbocycles. The summed E-state index contributed by atoms with van der Waals surface area (Å²) >= 11 is 6.70. The third kappa shape index (κ3) is 8.12. The summed E-state index contributed by atoms with van der Waals surface area (Å²) in [5.41, 5.74) is 3.42. The summed E-state index contributed by atoms with van der Waals surface area (Å²) in [5.74, 6) is 2.92. The van der Waals surface area contributed by atoms with E-state index >= 15 is 0 Å². The lowest BCUT2D eigenvalue weighted by Crippen LogP contribution is -2.33. The highest BCUT2D eigenvalue weighted by atomic mass is 35.5. The summed E-state index contributed by atoms with van der Waals surface area (Å²) < 4.78 is 82.3. The van der Waals surface area contributed by atoms with E-state index in [2.05, 4.69) is 22.0 Å². The largest absolute Gasteiger partial charge is 0.298 e. The molecule has 15 heteroatoms. The zero-order valence-electron chi connectivity index (χ0n) is 31.1. The van der Waals surface area contributed by atoms with Gasteiger partial charge in [0, 0.05) is 53.6 Å². The van der Waals surface area contributed by atoms with E-state index in [0.717, 1.165) is 23.2 Å². The third-order valence-corrected chi connectivity index (χ3v) is 13.9. The van der Waals surface area contributed by atoms with Gasteiger partial charge in [0.25, 0.3) is 0 Å². The molecule has 3 aromatic carbocycles. The van der Waals surface area contributed by atoms with Crippen LogP contribution in [-0.2, 0) is 50.2 Å². The molecule has 0 N–H and O–H groups in total. The van der Waals surface area contributed by atoms with Gasteiger partial charge in [0.05, 0.1) is 44.6 Å². The lowest BCUT2D eigenvalue weighted by Gasteiger charge is -2.21. The molecular weight excluding hydrogens is 780 g/mol. The molecule has 290 valence electrons. The average molecular weight is 818 g/mol. The van der Waals surface area contributed by atoms with E-state index in [9.17, 15) is 30.4 Å². The molecule has 1 fully saturated rings. The number of sulfone groups is 2. The minimum absolute atomic E-state index is 0.0137. The summed E-state index contributed by atoms with van der Waals surface area (Å²) in [7, 11) is -5.40. The molecule has 1 aliphatic rings. The number of ketones is 1. The van der Waals surface area contributed by atoms with E-state index in [4.69, 9.17) is 16.6 Å². The van der Waals surface area contributed by atoms with Crippen LogP contribution in [0.3, 0.4) is 0 Å². The van der Waals surface area contributed by atoms with Crippen molar-refractivity contribution in [1.29, 1.82) is 0 Å². The molecule has 0 bridgehead atoms. The van der Waals surface area contributed by atoms with Crippen LogP contribution in [-0.4, -0.2) is 63.4 Å². The molecule has 3 aromatic heterocycles. The Labute approximate surface area is 328 Å². The van der Waals surface area contributed by atoms with Gasteiger partial charge < -0.3 is 0 Å². The van der Waals surface area contributed by atoms with Crippen molar-refractivity contribution in [3.05, 3.63) is 112 Å². The van der Waals surface area contributed by atoms with Crippen molar-refractivity contribution in [3.63, 3.8) is 0 Å². The van der Waals surface area contributed by atoms with Gasteiger partial charge in [-0.15, -0.1) is 0 Å². The Bertz CT molecular complexity index is 2820. The number of nitrogens with zero attached hydrogens (tertiary/aromatic N) is 5. The summed E-state index contributed by atoms with van der Waals surface area (Å²) in [4.78, 5) is 19.0. The number of aryl methyl sites for hydroxylation is 1. The van der Waals surface area contributed by atoms with Crippen LogP contribution in [0.2, 0.25) is 5.02 Å². The second-order valence-electron chi connectivity index (χ2n) is 14.9. The molecule has 0 aliphatic heterocycles. The Morgan fingerprint density at radius 3 is 2.39 bits per heavy atom. The van der Waals surface area contributed by atoms with Gasteiger partial charge in [-0.25, -0.2) is 30.6 Å². The fourth-order valence-electron chi connectivity index (χ4n) is 7.13. The lowest BCUT2D eigenvalue weighted by atomic mass is 9.86. The Kier molecular flexibility index (Phi) is 10.4. The molecule has 0 amide bonds.